The van der Waals surface area contributed by atoms with Crippen molar-refractivity contribution in [3.63, 3.8) is 0 Å². The van der Waals surface area contributed by atoms with Gasteiger partial charge in [0.25, 0.3) is 0 Å². The molecular formula is C11H13ClF3NO. The number of benzene rings is 1. The van der Waals surface area contributed by atoms with Crippen molar-refractivity contribution >= 4 is 11.6 Å². The highest BCUT2D eigenvalue weighted by Gasteiger charge is 2.27. The van der Waals surface area contributed by atoms with Gasteiger partial charge < -0.3 is 10.1 Å². The minimum atomic E-state index is -4.25. The van der Waals surface area contributed by atoms with Crippen LogP contribution in [0.25, 0.3) is 0 Å². The first-order valence-corrected chi connectivity index (χ1v) is 5.45. The number of alkyl halides is 3. The quantitative estimate of drug-likeness (QED) is 0.800. The van der Waals surface area contributed by atoms with Crippen molar-refractivity contribution in [3.8, 4) is 0 Å². The maximum absolute atomic E-state index is 11.7. The lowest BCUT2D eigenvalue weighted by Gasteiger charge is -2.08. The van der Waals surface area contributed by atoms with Crippen LogP contribution in [0.3, 0.4) is 0 Å². The Hall–Kier alpha value is -0.780. The summed E-state index contributed by atoms with van der Waals surface area (Å²) >= 11 is 5.71. The van der Waals surface area contributed by atoms with Gasteiger partial charge in [0, 0.05) is 18.1 Å². The number of nitrogens with one attached hydrogen (secondary N) is 1. The first-order valence-electron chi connectivity index (χ1n) is 5.07. The zero-order chi connectivity index (χ0) is 12.7. The van der Waals surface area contributed by atoms with E-state index < -0.39 is 12.8 Å². The van der Waals surface area contributed by atoms with Crippen LogP contribution in [0.5, 0.6) is 0 Å². The average molecular weight is 268 g/mol. The molecule has 0 fully saturated rings. The lowest BCUT2D eigenvalue weighted by Crippen LogP contribution is -2.23. The van der Waals surface area contributed by atoms with Gasteiger partial charge in [-0.2, -0.15) is 13.2 Å². The maximum Gasteiger partial charge on any atom is 0.411 e. The molecule has 1 N–H and O–H groups in total. The molecule has 2 nitrogen and oxygen atoms in total. The van der Waals surface area contributed by atoms with Gasteiger partial charge in [-0.15, -0.1) is 0 Å². The molecule has 0 unspecified atom stereocenters. The fourth-order valence-corrected chi connectivity index (χ4v) is 1.29. The summed E-state index contributed by atoms with van der Waals surface area (Å²) in [6.45, 7) is -0.214. The van der Waals surface area contributed by atoms with Crippen LogP contribution in [0.4, 0.5) is 13.2 Å². The summed E-state index contributed by atoms with van der Waals surface area (Å²) < 4.78 is 39.6. The molecule has 0 atom stereocenters. The van der Waals surface area contributed by atoms with Crippen molar-refractivity contribution in [3.05, 3.63) is 34.9 Å². The highest BCUT2D eigenvalue weighted by atomic mass is 35.5. The molecule has 0 saturated carbocycles. The van der Waals surface area contributed by atoms with E-state index in [1.54, 1.807) is 12.1 Å². The Bertz CT molecular complexity index is 326. The van der Waals surface area contributed by atoms with Crippen molar-refractivity contribution in [2.75, 3.05) is 19.8 Å². The van der Waals surface area contributed by atoms with Crippen LogP contribution < -0.4 is 5.32 Å². The average Bonchev–Trinajstić information content (AvgIpc) is 2.24. The molecule has 0 amide bonds. The highest BCUT2D eigenvalue weighted by molar-refractivity contribution is 6.30. The van der Waals surface area contributed by atoms with Crippen LogP contribution in [0.1, 0.15) is 5.56 Å². The third-order valence-corrected chi connectivity index (χ3v) is 2.18. The lowest BCUT2D eigenvalue weighted by atomic mass is 10.2. The molecule has 0 aliphatic rings. The van der Waals surface area contributed by atoms with Crippen LogP contribution in [-0.4, -0.2) is 25.9 Å². The van der Waals surface area contributed by atoms with Crippen LogP contribution in [0, 0.1) is 0 Å². The lowest BCUT2D eigenvalue weighted by molar-refractivity contribution is -0.173. The fourth-order valence-electron chi connectivity index (χ4n) is 1.17. The molecule has 96 valence electrons. The standard InChI is InChI=1S/C11H13ClF3NO/c12-10-3-1-9(2-4-10)7-16-5-6-17-8-11(13,14)15/h1-4,16H,5-8H2. The summed E-state index contributed by atoms with van der Waals surface area (Å²) in [6.07, 6.45) is -4.25. The first-order chi connectivity index (χ1) is 7.97. The van der Waals surface area contributed by atoms with Crippen molar-refractivity contribution in [2.24, 2.45) is 0 Å². The molecule has 17 heavy (non-hydrogen) atoms. The van der Waals surface area contributed by atoms with Crippen LogP contribution in [0.2, 0.25) is 5.02 Å². The number of rotatable bonds is 6. The van der Waals surface area contributed by atoms with Gasteiger partial charge in [0.1, 0.15) is 6.61 Å². The zero-order valence-electron chi connectivity index (χ0n) is 9.06. The van der Waals surface area contributed by atoms with Crippen molar-refractivity contribution in [1.82, 2.24) is 5.32 Å². The third kappa shape index (κ3) is 7.20. The molecule has 1 aromatic carbocycles. The molecular weight excluding hydrogens is 255 g/mol. The predicted molar refractivity (Wildman–Crippen MR) is 60.0 cm³/mol. The summed E-state index contributed by atoms with van der Waals surface area (Å²) in [7, 11) is 0. The van der Waals surface area contributed by atoms with Gasteiger partial charge in [-0.05, 0) is 17.7 Å². The van der Waals surface area contributed by atoms with E-state index in [0.717, 1.165) is 5.56 Å². The fraction of sp³-hybridized carbons (Fsp3) is 0.455. The molecule has 0 heterocycles. The summed E-state index contributed by atoms with van der Waals surface area (Å²) in [5.41, 5.74) is 1.02. The zero-order valence-corrected chi connectivity index (χ0v) is 9.81. The van der Waals surface area contributed by atoms with E-state index in [1.165, 1.54) is 0 Å². The number of halogens is 4. The van der Waals surface area contributed by atoms with E-state index in [4.69, 9.17) is 11.6 Å². The van der Waals surface area contributed by atoms with E-state index in [2.05, 4.69) is 10.1 Å². The Morgan fingerprint density at radius 2 is 1.82 bits per heavy atom. The maximum atomic E-state index is 11.7. The molecule has 1 aromatic rings. The van der Waals surface area contributed by atoms with Gasteiger partial charge in [-0.25, -0.2) is 0 Å². The second-order valence-electron chi connectivity index (χ2n) is 3.47. The topological polar surface area (TPSA) is 21.3 Å². The second-order valence-corrected chi connectivity index (χ2v) is 3.91. The minimum Gasteiger partial charge on any atom is -0.371 e. The Kier molecular flexibility index (Phi) is 5.74. The Labute approximate surface area is 103 Å². The van der Waals surface area contributed by atoms with E-state index in [1.807, 2.05) is 12.1 Å². The van der Waals surface area contributed by atoms with Crippen LogP contribution in [0.15, 0.2) is 24.3 Å². The van der Waals surface area contributed by atoms with Gasteiger partial charge in [-0.1, -0.05) is 23.7 Å². The van der Waals surface area contributed by atoms with E-state index >= 15 is 0 Å². The molecule has 0 radical (unpaired) electrons. The summed E-state index contributed by atoms with van der Waals surface area (Å²) in [5, 5.41) is 3.63. The number of hydrogen-bond donors (Lipinski definition) is 1. The van der Waals surface area contributed by atoms with Gasteiger partial charge in [0.2, 0.25) is 0 Å². The molecule has 0 aliphatic heterocycles. The van der Waals surface area contributed by atoms with Gasteiger partial charge in [0.15, 0.2) is 0 Å². The van der Waals surface area contributed by atoms with Gasteiger partial charge >= 0.3 is 6.18 Å². The van der Waals surface area contributed by atoms with Crippen molar-refractivity contribution in [2.45, 2.75) is 12.7 Å². The molecule has 0 aromatic heterocycles. The van der Waals surface area contributed by atoms with Crippen molar-refractivity contribution in [1.29, 1.82) is 0 Å². The molecule has 0 aliphatic carbocycles. The Morgan fingerprint density at radius 1 is 1.18 bits per heavy atom. The first kappa shape index (κ1) is 14.3. The predicted octanol–water partition coefficient (Wildman–Crippen LogP) is 3.01. The second kappa shape index (κ2) is 6.83. The summed E-state index contributed by atoms with van der Waals surface area (Å²) in [6, 6.07) is 7.23. The highest BCUT2D eigenvalue weighted by Crippen LogP contribution is 2.14. The van der Waals surface area contributed by atoms with Gasteiger partial charge in [-0.3, -0.25) is 0 Å². The molecule has 0 bridgehead atoms. The monoisotopic (exact) mass is 267 g/mol. The molecule has 0 spiro atoms. The van der Waals surface area contributed by atoms with E-state index in [9.17, 15) is 13.2 Å². The molecule has 6 heteroatoms. The molecule has 0 saturated heterocycles. The Balaban J connectivity index is 2.07. The Morgan fingerprint density at radius 3 is 2.41 bits per heavy atom. The normalized spacial score (nSPS) is 11.8. The van der Waals surface area contributed by atoms with Crippen LogP contribution in [-0.2, 0) is 11.3 Å². The number of hydrogen-bond acceptors (Lipinski definition) is 2. The summed E-state index contributed by atoms with van der Waals surface area (Å²) in [4.78, 5) is 0. The van der Waals surface area contributed by atoms with Crippen molar-refractivity contribution < 1.29 is 17.9 Å². The minimum absolute atomic E-state index is 0.0348. The molecule has 1 rings (SSSR count). The summed E-state index contributed by atoms with van der Waals surface area (Å²) in [5.74, 6) is 0. The van der Waals surface area contributed by atoms with E-state index in [0.29, 0.717) is 18.1 Å². The third-order valence-electron chi connectivity index (χ3n) is 1.93. The SMILES string of the molecule is FC(F)(F)COCCNCc1ccc(Cl)cc1. The largest absolute Gasteiger partial charge is 0.411 e. The number of ether oxygens (including phenoxy) is 1. The van der Waals surface area contributed by atoms with Crippen LogP contribution >= 0.6 is 11.6 Å². The van der Waals surface area contributed by atoms with E-state index in [-0.39, 0.29) is 6.61 Å². The van der Waals surface area contributed by atoms with Gasteiger partial charge in [0.05, 0.1) is 6.61 Å². The smallest absolute Gasteiger partial charge is 0.371 e.